The van der Waals surface area contributed by atoms with Gasteiger partial charge in [0.2, 0.25) is 0 Å². The summed E-state index contributed by atoms with van der Waals surface area (Å²) in [5.41, 5.74) is 0. The van der Waals surface area contributed by atoms with Gasteiger partial charge >= 0.3 is 5.97 Å². The Morgan fingerprint density at radius 1 is 1.62 bits per heavy atom. The molecule has 0 rings (SSSR count). The number of carboxylic acid groups (broad SMARTS) is 1. The standard InChI is InChI=1S/C9H13NO3/c1-3-5-6-7(9(12)13)10-8(11)4-2/h2,7H,3,5-6H2,1H3,(H,10,11)(H,12,13)/t7-/m0/s1. The van der Waals surface area contributed by atoms with Crippen molar-refractivity contribution in [2.45, 2.75) is 32.2 Å². The normalized spacial score (nSPS) is 11.4. The van der Waals surface area contributed by atoms with Gasteiger partial charge in [-0.1, -0.05) is 19.8 Å². The van der Waals surface area contributed by atoms with E-state index in [1.54, 1.807) is 0 Å². The van der Waals surface area contributed by atoms with Crippen molar-refractivity contribution in [2.75, 3.05) is 0 Å². The third kappa shape index (κ3) is 4.86. The first-order chi connectivity index (χ1) is 6.11. The monoisotopic (exact) mass is 183 g/mol. The van der Waals surface area contributed by atoms with E-state index in [0.29, 0.717) is 6.42 Å². The third-order valence-corrected chi connectivity index (χ3v) is 1.58. The Morgan fingerprint density at radius 2 is 2.23 bits per heavy atom. The maximum absolute atomic E-state index is 10.7. The van der Waals surface area contributed by atoms with Crippen LogP contribution in [0.25, 0.3) is 0 Å². The second-order valence-electron chi connectivity index (χ2n) is 2.65. The van der Waals surface area contributed by atoms with Crippen molar-refractivity contribution < 1.29 is 14.7 Å². The molecule has 0 fully saturated rings. The number of carbonyl (C=O) groups is 2. The van der Waals surface area contributed by atoms with Gasteiger partial charge in [0.15, 0.2) is 0 Å². The minimum absolute atomic E-state index is 0.416. The van der Waals surface area contributed by atoms with Crippen LogP contribution < -0.4 is 5.32 Å². The summed E-state index contributed by atoms with van der Waals surface area (Å²) in [6.07, 6.45) is 6.85. The molecule has 0 saturated heterocycles. The van der Waals surface area contributed by atoms with E-state index in [4.69, 9.17) is 11.5 Å². The maximum atomic E-state index is 10.7. The van der Waals surface area contributed by atoms with Gasteiger partial charge in [-0.3, -0.25) is 4.79 Å². The number of carboxylic acids is 1. The molecule has 1 atom stereocenters. The Kier molecular flexibility index (Phi) is 5.37. The van der Waals surface area contributed by atoms with E-state index < -0.39 is 17.9 Å². The average molecular weight is 183 g/mol. The lowest BCUT2D eigenvalue weighted by atomic mass is 10.1. The van der Waals surface area contributed by atoms with E-state index in [9.17, 15) is 9.59 Å². The fourth-order valence-corrected chi connectivity index (χ4v) is 0.866. The molecule has 13 heavy (non-hydrogen) atoms. The second kappa shape index (κ2) is 6.06. The van der Waals surface area contributed by atoms with Gasteiger partial charge < -0.3 is 10.4 Å². The number of rotatable bonds is 5. The van der Waals surface area contributed by atoms with Crippen molar-refractivity contribution in [3.63, 3.8) is 0 Å². The van der Waals surface area contributed by atoms with E-state index in [-0.39, 0.29) is 0 Å². The van der Waals surface area contributed by atoms with Gasteiger partial charge in [-0.05, 0) is 12.3 Å². The van der Waals surface area contributed by atoms with Crippen LogP contribution in [0.2, 0.25) is 0 Å². The molecule has 0 unspecified atom stereocenters. The first-order valence-electron chi connectivity index (χ1n) is 4.11. The molecule has 0 saturated carbocycles. The summed E-state index contributed by atoms with van der Waals surface area (Å²) in [7, 11) is 0. The molecule has 0 spiro atoms. The number of nitrogens with one attached hydrogen (secondary N) is 1. The Hall–Kier alpha value is -1.50. The molecular formula is C9H13NO3. The van der Waals surface area contributed by atoms with Gasteiger partial charge in [0.25, 0.3) is 5.91 Å². The highest BCUT2D eigenvalue weighted by atomic mass is 16.4. The molecular weight excluding hydrogens is 170 g/mol. The summed E-state index contributed by atoms with van der Waals surface area (Å²) in [6, 6.07) is -0.858. The topological polar surface area (TPSA) is 66.4 Å². The third-order valence-electron chi connectivity index (χ3n) is 1.58. The molecule has 0 heterocycles. The van der Waals surface area contributed by atoms with Crippen LogP contribution in [-0.4, -0.2) is 23.0 Å². The number of amides is 1. The quantitative estimate of drug-likeness (QED) is 0.605. The highest BCUT2D eigenvalue weighted by molar-refractivity contribution is 5.95. The van der Waals surface area contributed by atoms with Crippen LogP contribution in [0.15, 0.2) is 0 Å². The van der Waals surface area contributed by atoms with Gasteiger partial charge in [0.05, 0.1) is 0 Å². The van der Waals surface area contributed by atoms with Crippen molar-refractivity contribution in [2.24, 2.45) is 0 Å². The summed E-state index contributed by atoms with van der Waals surface area (Å²) in [5, 5.41) is 10.9. The molecule has 72 valence electrons. The number of hydrogen-bond acceptors (Lipinski definition) is 2. The largest absolute Gasteiger partial charge is 0.480 e. The van der Waals surface area contributed by atoms with Crippen molar-refractivity contribution in [3.05, 3.63) is 0 Å². The van der Waals surface area contributed by atoms with Crippen LogP contribution in [0.5, 0.6) is 0 Å². The minimum atomic E-state index is -1.04. The van der Waals surface area contributed by atoms with Crippen molar-refractivity contribution in [3.8, 4) is 12.3 Å². The predicted octanol–water partition coefficient (Wildman–Crippen LogP) is 0.379. The number of aliphatic carboxylic acids is 1. The first kappa shape index (κ1) is 11.5. The molecule has 0 bridgehead atoms. The van der Waals surface area contributed by atoms with Crippen LogP contribution in [0.3, 0.4) is 0 Å². The molecule has 0 aromatic rings. The molecule has 0 aliphatic heterocycles. The van der Waals surface area contributed by atoms with E-state index in [1.807, 2.05) is 12.8 Å². The van der Waals surface area contributed by atoms with Gasteiger partial charge in [-0.15, -0.1) is 6.42 Å². The highest BCUT2D eigenvalue weighted by Crippen LogP contribution is 2.00. The van der Waals surface area contributed by atoms with E-state index >= 15 is 0 Å². The Bertz CT molecular complexity index is 230. The zero-order valence-corrected chi connectivity index (χ0v) is 7.54. The van der Waals surface area contributed by atoms with Crippen molar-refractivity contribution in [1.82, 2.24) is 5.32 Å². The number of hydrogen-bond donors (Lipinski definition) is 2. The number of carbonyl (C=O) groups excluding carboxylic acids is 1. The summed E-state index contributed by atoms with van der Waals surface area (Å²) in [5.74, 6) is 0.0916. The average Bonchev–Trinajstić information content (AvgIpc) is 2.11. The molecule has 0 aromatic heterocycles. The fraction of sp³-hybridized carbons (Fsp3) is 0.556. The molecule has 0 radical (unpaired) electrons. The minimum Gasteiger partial charge on any atom is -0.480 e. The van der Waals surface area contributed by atoms with E-state index in [2.05, 4.69) is 5.32 Å². The zero-order valence-electron chi connectivity index (χ0n) is 7.54. The maximum Gasteiger partial charge on any atom is 0.326 e. The zero-order chi connectivity index (χ0) is 10.3. The van der Waals surface area contributed by atoms with Crippen LogP contribution >= 0.6 is 0 Å². The van der Waals surface area contributed by atoms with Gasteiger partial charge in [0, 0.05) is 0 Å². The Labute approximate surface area is 77.3 Å². The smallest absolute Gasteiger partial charge is 0.326 e. The van der Waals surface area contributed by atoms with Crippen molar-refractivity contribution >= 4 is 11.9 Å². The molecule has 2 N–H and O–H groups in total. The summed E-state index contributed by atoms with van der Waals surface area (Å²) >= 11 is 0. The molecule has 1 amide bonds. The fourth-order valence-electron chi connectivity index (χ4n) is 0.866. The lowest BCUT2D eigenvalue weighted by Crippen LogP contribution is -2.40. The van der Waals surface area contributed by atoms with Crippen LogP contribution in [0.4, 0.5) is 0 Å². The molecule has 0 aromatic carbocycles. The Balaban J connectivity index is 4.04. The van der Waals surface area contributed by atoms with Gasteiger partial charge in [-0.25, -0.2) is 4.79 Å². The summed E-state index contributed by atoms with van der Waals surface area (Å²) in [6.45, 7) is 1.95. The molecule has 4 nitrogen and oxygen atoms in total. The van der Waals surface area contributed by atoms with Gasteiger partial charge in [0.1, 0.15) is 6.04 Å². The predicted molar refractivity (Wildman–Crippen MR) is 47.9 cm³/mol. The highest BCUT2D eigenvalue weighted by Gasteiger charge is 2.17. The number of unbranched alkanes of at least 4 members (excludes halogenated alkanes) is 1. The van der Waals surface area contributed by atoms with Crippen LogP contribution in [0, 0.1) is 12.3 Å². The number of terminal acetylenes is 1. The molecule has 0 aliphatic carbocycles. The molecule has 4 heteroatoms. The van der Waals surface area contributed by atoms with Gasteiger partial charge in [-0.2, -0.15) is 0 Å². The lowest BCUT2D eigenvalue weighted by Gasteiger charge is -2.11. The first-order valence-corrected chi connectivity index (χ1v) is 4.11. The van der Waals surface area contributed by atoms with Crippen molar-refractivity contribution in [1.29, 1.82) is 0 Å². The molecule has 0 aliphatic rings. The van der Waals surface area contributed by atoms with E-state index in [1.165, 1.54) is 0 Å². The summed E-state index contributed by atoms with van der Waals surface area (Å²) < 4.78 is 0. The van der Waals surface area contributed by atoms with Crippen LogP contribution in [0.1, 0.15) is 26.2 Å². The lowest BCUT2D eigenvalue weighted by molar-refractivity contribution is -0.141. The SMILES string of the molecule is C#CC(=O)N[C@@H](CCCC)C(=O)O. The van der Waals surface area contributed by atoms with Crippen LogP contribution in [-0.2, 0) is 9.59 Å². The van der Waals surface area contributed by atoms with E-state index in [0.717, 1.165) is 12.8 Å². The summed E-state index contributed by atoms with van der Waals surface area (Å²) in [4.78, 5) is 21.3. The second-order valence-corrected chi connectivity index (χ2v) is 2.65. The Morgan fingerprint density at radius 3 is 2.62 bits per heavy atom.